The monoisotopic (exact) mass is 528 g/mol. The van der Waals surface area contributed by atoms with Crippen molar-refractivity contribution < 1.29 is 18.4 Å². The van der Waals surface area contributed by atoms with E-state index in [4.69, 9.17) is 23.2 Å². The zero-order valence-electron chi connectivity index (χ0n) is 18.4. The molecule has 11 heteroatoms. The molecule has 1 fully saturated rings. The van der Waals surface area contributed by atoms with E-state index in [0.717, 1.165) is 18.3 Å². The molecule has 1 N–H and O–H groups in total. The highest BCUT2D eigenvalue weighted by Crippen LogP contribution is 2.30. The van der Waals surface area contributed by atoms with E-state index in [2.05, 4.69) is 10.3 Å². The Hall–Kier alpha value is -3.82. The first kappa shape index (κ1) is 23.9. The molecule has 0 spiro atoms. The largest absolute Gasteiger partial charge is 0.319 e. The van der Waals surface area contributed by atoms with Crippen LogP contribution in [0.2, 0.25) is 10.0 Å². The van der Waals surface area contributed by atoms with Gasteiger partial charge in [-0.05, 0) is 42.8 Å². The number of amides is 2. The molecule has 5 rings (SSSR count). The highest BCUT2D eigenvalue weighted by Gasteiger charge is 2.25. The summed E-state index contributed by atoms with van der Waals surface area (Å²) in [5.41, 5.74) is -1.09. The summed E-state index contributed by atoms with van der Waals surface area (Å²) in [7, 11) is 0. The lowest BCUT2D eigenvalue weighted by molar-refractivity contribution is -0.117. The summed E-state index contributed by atoms with van der Waals surface area (Å²) in [5, 5.41) is 2.83. The third kappa shape index (κ3) is 4.20. The molecule has 4 aromatic rings. The third-order valence-electron chi connectivity index (χ3n) is 5.80. The van der Waals surface area contributed by atoms with Crippen molar-refractivity contribution in [1.82, 2.24) is 9.55 Å². The average molecular weight is 529 g/mol. The Morgan fingerprint density at radius 1 is 1.03 bits per heavy atom. The molecule has 3 heterocycles. The van der Waals surface area contributed by atoms with Crippen LogP contribution in [-0.2, 0) is 4.79 Å². The van der Waals surface area contributed by atoms with E-state index in [9.17, 15) is 23.2 Å². The van der Waals surface area contributed by atoms with E-state index >= 15 is 0 Å². The number of carbonyl (C=O) groups excluding carboxylic acids is 2. The summed E-state index contributed by atoms with van der Waals surface area (Å²) in [5.74, 6) is -2.43. The first-order chi connectivity index (χ1) is 17.2. The molecule has 36 heavy (non-hydrogen) atoms. The first-order valence-electron chi connectivity index (χ1n) is 10.8. The van der Waals surface area contributed by atoms with E-state index in [0.29, 0.717) is 25.5 Å². The number of nitrogens with zero attached hydrogens (tertiary/aromatic N) is 3. The summed E-state index contributed by atoms with van der Waals surface area (Å²) >= 11 is 12.3. The van der Waals surface area contributed by atoms with Gasteiger partial charge in [-0.1, -0.05) is 29.3 Å². The molecule has 2 aromatic carbocycles. The zero-order valence-corrected chi connectivity index (χ0v) is 19.9. The second kappa shape index (κ2) is 9.33. The number of rotatable bonds is 4. The lowest BCUT2D eigenvalue weighted by Crippen LogP contribution is -2.27. The van der Waals surface area contributed by atoms with Gasteiger partial charge in [0, 0.05) is 25.2 Å². The number of fused-ring (bicyclic) bond motifs is 1. The number of carbonyl (C=O) groups is 2. The summed E-state index contributed by atoms with van der Waals surface area (Å²) in [6.45, 7) is 0.450. The van der Waals surface area contributed by atoms with Crippen molar-refractivity contribution in [3.8, 4) is 5.69 Å². The second-order valence-electron chi connectivity index (χ2n) is 8.08. The van der Waals surface area contributed by atoms with Crippen LogP contribution in [0.5, 0.6) is 0 Å². The molecule has 0 saturated carbocycles. The van der Waals surface area contributed by atoms with Crippen molar-refractivity contribution >= 4 is 57.6 Å². The standard InChI is InChI=1S/C25H16Cl2F2N4O3/c26-16-3-1-4-17(27)22(16)31-25(36)15-12-33(19-8-6-13(28)11-18(19)29)24-14(23(15)35)7-9-20(30-24)32-10-2-5-21(32)34/h1,3-4,6-9,11-12H,2,5,10H2,(H,31,36). The van der Waals surface area contributed by atoms with Gasteiger partial charge in [-0.2, -0.15) is 0 Å². The maximum absolute atomic E-state index is 14.8. The van der Waals surface area contributed by atoms with Gasteiger partial charge >= 0.3 is 0 Å². The smallest absolute Gasteiger partial charge is 0.261 e. The fourth-order valence-electron chi connectivity index (χ4n) is 4.05. The number of hydrogen-bond donors (Lipinski definition) is 1. The fraction of sp³-hybridized carbons (Fsp3) is 0.120. The molecule has 0 radical (unpaired) electrons. The van der Waals surface area contributed by atoms with E-state index in [-0.39, 0.29) is 49.7 Å². The first-order valence-corrected chi connectivity index (χ1v) is 11.6. The lowest BCUT2D eigenvalue weighted by atomic mass is 10.1. The second-order valence-corrected chi connectivity index (χ2v) is 8.89. The Kier molecular flexibility index (Phi) is 6.19. The van der Waals surface area contributed by atoms with Crippen molar-refractivity contribution in [2.24, 2.45) is 0 Å². The number of halogens is 4. The third-order valence-corrected chi connectivity index (χ3v) is 6.43. The molecule has 1 saturated heterocycles. The average Bonchev–Trinajstić information content (AvgIpc) is 3.28. The molecule has 0 atom stereocenters. The van der Waals surface area contributed by atoms with Crippen molar-refractivity contribution in [3.05, 3.63) is 92.2 Å². The molecule has 2 aromatic heterocycles. The molecule has 0 unspecified atom stereocenters. The van der Waals surface area contributed by atoms with Crippen LogP contribution in [0.25, 0.3) is 16.7 Å². The van der Waals surface area contributed by atoms with Gasteiger partial charge in [-0.3, -0.25) is 23.9 Å². The topological polar surface area (TPSA) is 84.3 Å². The lowest BCUT2D eigenvalue weighted by Gasteiger charge is -2.18. The van der Waals surface area contributed by atoms with Crippen LogP contribution in [0.15, 0.2) is 59.5 Å². The van der Waals surface area contributed by atoms with Crippen LogP contribution in [0, 0.1) is 11.6 Å². The molecule has 1 aliphatic rings. The van der Waals surface area contributed by atoms with Gasteiger partial charge in [0.25, 0.3) is 5.91 Å². The Labute approximate surface area is 212 Å². The molecule has 7 nitrogen and oxygen atoms in total. The maximum atomic E-state index is 14.8. The number of pyridine rings is 2. The van der Waals surface area contributed by atoms with Gasteiger partial charge in [0.2, 0.25) is 11.3 Å². The van der Waals surface area contributed by atoms with E-state index in [1.807, 2.05) is 0 Å². The van der Waals surface area contributed by atoms with Crippen LogP contribution in [-0.4, -0.2) is 27.9 Å². The quantitative estimate of drug-likeness (QED) is 0.387. The summed E-state index contributed by atoms with van der Waals surface area (Å²) in [6, 6.07) is 10.4. The highest BCUT2D eigenvalue weighted by molar-refractivity contribution is 6.40. The van der Waals surface area contributed by atoms with Crippen LogP contribution in [0.1, 0.15) is 23.2 Å². The summed E-state index contributed by atoms with van der Waals surface area (Å²) in [6.07, 6.45) is 2.13. The van der Waals surface area contributed by atoms with E-state index < -0.39 is 23.0 Å². The minimum absolute atomic E-state index is 0.00460. The van der Waals surface area contributed by atoms with Crippen LogP contribution < -0.4 is 15.6 Å². The van der Waals surface area contributed by atoms with Crippen molar-refractivity contribution in [3.63, 3.8) is 0 Å². The van der Waals surface area contributed by atoms with Gasteiger partial charge in [0.05, 0.1) is 26.8 Å². The van der Waals surface area contributed by atoms with Gasteiger partial charge < -0.3 is 5.32 Å². The van der Waals surface area contributed by atoms with Gasteiger partial charge in [-0.25, -0.2) is 13.8 Å². The molecule has 2 amide bonds. The molecule has 1 aliphatic heterocycles. The number of hydrogen-bond acceptors (Lipinski definition) is 4. The van der Waals surface area contributed by atoms with Crippen molar-refractivity contribution in [1.29, 1.82) is 0 Å². The molecular formula is C25H16Cl2F2N4O3. The Balaban J connectivity index is 1.72. The Morgan fingerprint density at radius 3 is 2.44 bits per heavy atom. The van der Waals surface area contributed by atoms with Crippen LogP contribution >= 0.6 is 23.2 Å². The minimum atomic E-state index is -0.940. The molecular weight excluding hydrogens is 513 g/mol. The fourth-order valence-corrected chi connectivity index (χ4v) is 4.55. The Bertz CT molecular complexity index is 1600. The maximum Gasteiger partial charge on any atom is 0.261 e. The van der Waals surface area contributed by atoms with Gasteiger partial charge in [-0.15, -0.1) is 0 Å². The predicted octanol–water partition coefficient (Wildman–Crippen LogP) is 5.35. The summed E-state index contributed by atoms with van der Waals surface area (Å²) < 4.78 is 29.7. The van der Waals surface area contributed by atoms with Crippen LogP contribution in [0.4, 0.5) is 20.3 Å². The molecule has 0 bridgehead atoms. The minimum Gasteiger partial charge on any atom is -0.319 e. The summed E-state index contributed by atoms with van der Waals surface area (Å²) in [4.78, 5) is 44.7. The zero-order chi connectivity index (χ0) is 25.6. The van der Waals surface area contributed by atoms with E-state index in [1.165, 1.54) is 33.7 Å². The molecule has 0 aliphatic carbocycles. The van der Waals surface area contributed by atoms with Gasteiger partial charge in [0.15, 0.2) is 5.65 Å². The number of benzene rings is 2. The van der Waals surface area contributed by atoms with Crippen LogP contribution in [0.3, 0.4) is 0 Å². The predicted molar refractivity (Wildman–Crippen MR) is 133 cm³/mol. The number of para-hydroxylation sites is 1. The molecule has 182 valence electrons. The number of nitrogens with one attached hydrogen (secondary N) is 1. The number of aromatic nitrogens is 2. The van der Waals surface area contributed by atoms with Crippen molar-refractivity contribution in [2.75, 3.05) is 16.8 Å². The Morgan fingerprint density at radius 2 is 1.78 bits per heavy atom. The SMILES string of the molecule is O=C(Nc1c(Cl)cccc1Cl)c1cn(-c2ccc(F)cc2F)c2nc(N3CCCC3=O)ccc2c1=O. The number of anilines is 2. The van der Waals surface area contributed by atoms with Crippen molar-refractivity contribution in [2.45, 2.75) is 12.8 Å². The normalized spacial score (nSPS) is 13.4. The van der Waals surface area contributed by atoms with Gasteiger partial charge in [0.1, 0.15) is 23.0 Å². The highest BCUT2D eigenvalue weighted by atomic mass is 35.5. The van der Waals surface area contributed by atoms with E-state index in [1.54, 1.807) is 6.07 Å².